The number of carboxylic acid groups (broad SMARTS) is 1. The van der Waals surface area contributed by atoms with Gasteiger partial charge >= 0.3 is 6.09 Å². The van der Waals surface area contributed by atoms with Crippen LogP contribution in [0.1, 0.15) is 5.56 Å². The second-order valence-corrected chi connectivity index (χ2v) is 2.69. The van der Waals surface area contributed by atoms with Gasteiger partial charge in [0.25, 0.3) is 0 Å². The van der Waals surface area contributed by atoms with Crippen molar-refractivity contribution in [3.8, 4) is 5.75 Å². The Morgan fingerprint density at radius 3 is 2.86 bits per heavy atom. The predicted octanol–water partition coefficient (Wildman–Crippen LogP) is 1.56. The number of methoxy groups -OCH3 is 1. The Morgan fingerprint density at radius 1 is 1.57 bits per heavy atom. The smallest absolute Gasteiger partial charge is 0.431 e. The number of rotatable bonds is 3. The zero-order valence-corrected chi connectivity index (χ0v) is 7.67. The van der Waals surface area contributed by atoms with Crippen molar-refractivity contribution in [1.29, 1.82) is 0 Å². The molecule has 0 radical (unpaired) electrons. The standard InChI is InChI=1S/C9H11NO4/c1-14-8-4-2-3-7(5-8)6-10(13)9(11)12/h2-5,13H,6H2,1H3,(H,11,12). The summed E-state index contributed by atoms with van der Waals surface area (Å²) in [6.07, 6.45) is -1.38. The largest absolute Gasteiger partial charge is 0.497 e. The van der Waals surface area contributed by atoms with E-state index in [0.717, 1.165) is 0 Å². The molecule has 5 heteroatoms. The molecule has 2 N–H and O–H groups in total. The monoisotopic (exact) mass is 197 g/mol. The fourth-order valence-electron chi connectivity index (χ4n) is 1.01. The zero-order chi connectivity index (χ0) is 10.6. The van der Waals surface area contributed by atoms with Crippen molar-refractivity contribution in [3.63, 3.8) is 0 Å². The molecule has 0 unspecified atom stereocenters. The molecule has 0 saturated carbocycles. The zero-order valence-electron chi connectivity index (χ0n) is 7.67. The van der Waals surface area contributed by atoms with Gasteiger partial charge in [0.05, 0.1) is 13.7 Å². The van der Waals surface area contributed by atoms with Crippen LogP contribution >= 0.6 is 0 Å². The number of nitrogens with zero attached hydrogens (tertiary/aromatic N) is 1. The van der Waals surface area contributed by atoms with E-state index >= 15 is 0 Å². The minimum absolute atomic E-state index is 0.0769. The Morgan fingerprint density at radius 2 is 2.29 bits per heavy atom. The van der Waals surface area contributed by atoms with Gasteiger partial charge in [-0.2, -0.15) is 5.06 Å². The van der Waals surface area contributed by atoms with Gasteiger partial charge in [0.15, 0.2) is 0 Å². The molecule has 5 nitrogen and oxygen atoms in total. The Kier molecular flexibility index (Phi) is 3.30. The molecule has 1 amide bonds. The van der Waals surface area contributed by atoms with Gasteiger partial charge in [-0.05, 0) is 17.7 Å². The molecular weight excluding hydrogens is 186 g/mol. The maximum atomic E-state index is 10.3. The molecule has 0 saturated heterocycles. The van der Waals surface area contributed by atoms with E-state index in [4.69, 9.17) is 15.1 Å². The molecule has 0 spiro atoms. The van der Waals surface area contributed by atoms with Gasteiger partial charge < -0.3 is 9.84 Å². The topological polar surface area (TPSA) is 70.0 Å². The molecule has 0 aliphatic heterocycles. The van der Waals surface area contributed by atoms with Gasteiger partial charge in [0.2, 0.25) is 0 Å². The average Bonchev–Trinajstić information content (AvgIpc) is 2.18. The lowest BCUT2D eigenvalue weighted by Gasteiger charge is -2.11. The van der Waals surface area contributed by atoms with Gasteiger partial charge in [0.1, 0.15) is 5.75 Å². The summed E-state index contributed by atoms with van der Waals surface area (Å²) in [7, 11) is 1.52. The molecule has 0 heterocycles. The van der Waals surface area contributed by atoms with Crippen LogP contribution in [0.25, 0.3) is 0 Å². The Bertz CT molecular complexity index is 326. The number of hydrogen-bond acceptors (Lipinski definition) is 3. The van der Waals surface area contributed by atoms with E-state index in [1.165, 1.54) is 7.11 Å². The molecule has 76 valence electrons. The van der Waals surface area contributed by atoms with Gasteiger partial charge in [-0.1, -0.05) is 12.1 Å². The van der Waals surface area contributed by atoms with Crippen LogP contribution < -0.4 is 4.74 Å². The molecule has 14 heavy (non-hydrogen) atoms. The predicted molar refractivity (Wildman–Crippen MR) is 48.3 cm³/mol. The van der Waals surface area contributed by atoms with Crippen LogP contribution in [0.5, 0.6) is 5.75 Å². The number of carbonyl (C=O) groups is 1. The van der Waals surface area contributed by atoms with E-state index in [0.29, 0.717) is 11.3 Å². The second-order valence-electron chi connectivity index (χ2n) is 2.69. The normalized spacial score (nSPS) is 9.57. The summed E-state index contributed by atoms with van der Waals surface area (Å²) in [5, 5.41) is 17.6. The number of hydroxylamine groups is 2. The highest BCUT2D eigenvalue weighted by Crippen LogP contribution is 2.13. The molecule has 1 aromatic rings. The minimum Gasteiger partial charge on any atom is -0.497 e. The third-order valence-corrected chi connectivity index (χ3v) is 1.69. The number of amides is 1. The SMILES string of the molecule is COc1cccc(CN(O)C(=O)O)c1. The number of benzene rings is 1. The summed E-state index contributed by atoms with van der Waals surface area (Å²) in [6, 6.07) is 6.83. The molecule has 0 aliphatic carbocycles. The molecule has 0 aliphatic rings. The minimum atomic E-state index is -1.38. The second kappa shape index (κ2) is 4.48. The average molecular weight is 197 g/mol. The Labute approximate surface area is 81.1 Å². The van der Waals surface area contributed by atoms with Crippen molar-refractivity contribution in [3.05, 3.63) is 29.8 Å². The molecule has 0 fully saturated rings. The van der Waals surface area contributed by atoms with Crippen molar-refractivity contribution >= 4 is 6.09 Å². The van der Waals surface area contributed by atoms with Crippen LogP contribution in [0.4, 0.5) is 4.79 Å². The molecule has 0 atom stereocenters. The molecule has 0 aromatic heterocycles. The van der Waals surface area contributed by atoms with Crippen LogP contribution in [0.3, 0.4) is 0 Å². The summed E-state index contributed by atoms with van der Waals surface area (Å²) in [5.74, 6) is 0.626. The maximum Gasteiger partial charge on any atom is 0.431 e. The van der Waals surface area contributed by atoms with Crippen LogP contribution in [-0.4, -0.2) is 28.6 Å². The Hall–Kier alpha value is -1.75. The molecule has 0 bridgehead atoms. The fourth-order valence-corrected chi connectivity index (χ4v) is 1.01. The summed E-state index contributed by atoms with van der Waals surface area (Å²) in [5.41, 5.74) is 0.661. The summed E-state index contributed by atoms with van der Waals surface area (Å²) < 4.78 is 4.95. The summed E-state index contributed by atoms with van der Waals surface area (Å²) in [6.45, 7) is -0.0769. The van der Waals surface area contributed by atoms with E-state index < -0.39 is 6.09 Å². The first kappa shape index (κ1) is 10.3. The first-order chi connectivity index (χ1) is 6.63. The highest BCUT2D eigenvalue weighted by molar-refractivity contribution is 5.63. The lowest BCUT2D eigenvalue weighted by molar-refractivity contribution is -0.0710. The van der Waals surface area contributed by atoms with Crippen LogP contribution in [-0.2, 0) is 6.54 Å². The lowest BCUT2D eigenvalue weighted by atomic mass is 10.2. The van der Waals surface area contributed by atoms with Crippen molar-refractivity contribution in [2.75, 3.05) is 7.11 Å². The first-order valence-electron chi connectivity index (χ1n) is 3.95. The van der Waals surface area contributed by atoms with E-state index in [1.54, 1.807) is 24.3 Å². The fraction of sp³-hybridized carbons (Fsp3) is 0.222. The van der Waals surface area contributed by atoms with Gasteiger partial charge in [0, 0.05) is 0 Å². The highest BCUT2D eigenvalue weighted by Gasteiger charge is 2.08. The van der Waals surface area contributed by atoms with Crippen molar-refractivity contribution in [2.45, 2.75) is 6.54 Å². The third kappa shape index (κ3) is 2.63. The molecular formula is C9H11NO4. The van der Waals surface area contributed by atoms with Crippen LogP contribution in [0.2, 0.25) is 0 Å². The summed E-state index contributed by atoms with van der Waals surface area (Å²) in [4.78, 5) is 10.3. The van der Waals surface area contributed by atoms with E-state index in [-0.39, 0.29) is 11.6 Å². The molecule has 1 aromatic carbocycles. The summed E-state index contributed by atoms with van der Waals surface area (Å²) >= 11 is 0. The third-order valence-electron chi connectivity index (χ3n) is 1.69. The van der Waals surface area contributed by atoms with E-state index in [2.05, 4.69) is 0 Å². The van der Waals surface area contributed by atoms with E-state index in [9.17, 15) is 4.79 Å². The lowest BCUT2D eigenvalue weighted by Crippen LogP contribution is -2.24. The maximum absolute atomic E-state index is 10.3. The number of ether oxygens (including phenoxy) is 1. The number of hydrogen-bond donors (Lipinski definition) is 2. The van der Waals surface area contributed by atoms with Gasteiger partial charge in [-0.25, -0.2) is 4.79 Å². The van der Waals surface area contributed by atoms with E-state index in [1.807, 2.05) is 0 Å². The quantitative estimate of drug-likeness (QED) is 0.570. The van der Waals surface area contributed by atoms with Gasteiger partial charge in [-0.15, -0.1) is 0 Å². The highest BCUT2D eigenvalue weighted by atomic mass is 16.6. The Balaban J connectivity index is 2.71. The van der Waals surface area contributed by atoms with Crippen molar-refractivity contribution in [2.24, 2.45) is 0 Å². The van der Waals surface area contributed by atoms with Crippen LogP contribution in [0.15, 0.2) is 24.3 Å². The first-order valence-corrected chi connectivity index (χ1v) is 3.95. The molecule has 1 rings (SSSR count). The van der Waals surface area contributed by atoms with Gasteiger partial charge in [-0.3, -0.25) is 5.21 Å². The van der Waals surface area contributed by atoms with Crippen molar-refractivity contribution in [1.82, 2.24) is 5.06 Å². The van der Waals surface area contributed by atoms with Crippen LogP contribution in [0, 0.1) is 0 Å². The van der Waals surface area contributed by atoms with Crippen molar-refractivity contribution < 1.29 is 19.8 Å².